The second kappa shape index (κ2) is 5.77. The number of benzene rings is 1. The predicted molar refractivity (Wildman–Crippen MR) is 66.1 cm³/mol. The summed E-state index contributed by atoms with van der Waals surface area (Å²) in [6.45, 7) is 3.77. The molecule has 0 bridgehead atoms. The number of halogens is 1. The van der Waals surface area contributed by atoms with Crippen molar-refractivity contribution in [3.63, 3.8) is 0 Å². The third-order valence-corrected chi connectivity index (χ3v) is 2.68. The lowest BCUT2D eigenvalue weighted by molar-refractivity contribution is -0.130. The van der Waals surface area contributed by atoms with E-state index >= 15 is 0 Å². The lowest BCUT2D eigenvalue weighted by atomic mass is 10.1. The van der Waals surface area contributed by atoms with Crippen LogP contribution in [-0.4, -0.2) is 30.9 Å². The summed E-state index contributed by atoms with van der Waals surface area (Å²) in [5.41, 5.74) is 0.963. The van der Waals surface area contributed by atoms with E-state index in [2.05, 4.69) is 5.32 Å². The number of likely N-dealkylation sites (N-methyl/N-ethyl adjacent to an activating group) is 1. The molecule has 0 saturated carbocycles. The van der Waals surface area contributed by atoms with Gasteiger partial charge in [0, 0.05) is 20.1 Å². The second-order valence-electron chi connectivity index (χ2n) is 4.39. The van der Waals surface area contributed by atoms with Gasteiger partial charge < -0.3 is 4.90 Å². The predicted octanol–water partition coefficient (Wildman–Crippen LogP) is 1.95. The van der Waals surface area contributed by atoms with Gasteiger partial charge in [-0.3, -0.25) is 10.1 Å². The Kier molecular flexibility index (Phi) is 4.63. The van der Waals surface area contributed by atoms with Crippen LogP contribution in [0.3, 0.4) is 0 Å². The number of carbonyl (C=O) groups is 1. The third kappa shape index (κ3) is 3.82. The van der Waals surface area contributed by atoms with Crippen molar-refractivity contribution >= 4 is 5.91 Å². The normalized spacial score (nSPS) is 14.2. The molecule has 1 aromatic carbocycles. The highest BCUT2D eigenvalue weighted by atomic mass is 19.1. The molecule has 0 radical (unpaired) electrons. The van der Waals surface area contributed by atoms with Crippen LogP contribution in [0, 0.1) is 5.82 Å². The zero-order chi connectivity index (χ0) is 13.0. The highest BCUT2D eigenvalue weighted by molar-refractivity contribution is 5.80. The molecule has 2 atom stereocenters. The maximum Gasteiger partial charge on any atom is 0.238 e. The van der Waals surface area contributed by atoms with Crippen LogP contribution < -0.4 is 5.32 Å². The number of carbonyl (C=O) groups excluding carboxylic acids is 1. The number of hydrogen-bond acceptors (Lipinski definition) is 2. The van der Waals surface area contributed by atoms with Crippen LogP contribution in [-0.2, 0) is 4.79 Å². The van der Waals surface area contributed by atoms with E-state index < -0.39 is 0 Å². The van der Waals surface area contributed by atoms with Crippen molar-refractivity contribution in [3.8, 4) is 0 Å². The Morgan fingerprint density at radius 3 is 2.24 bits per heavy atom. The SMILES string of the molecule is CC(N[C@H](C)c1ccc(F)cc1)C(=O)N(C)C. The van der Waals surface area contributed by atoms with Gasteiger partial charge in [0.2, 0.25) is 5.91 Å². The van der Waals surface area contributed by atoms with E-state index in [0.717, 1.165) is 5.56 Å². The van der Waals surface area contributed by atoms with Gasteiger partial charge in [-0.1, -0.05) is 12.1 Å². The topological polar surface area (TPSA) is 32.3 Å². The first-order valence-electron chi connectivity index (χ1n) is 5.64. The van der Waals surface area contributed by atoms with Gasteiger partial charge in [-0.25, -0.2) is 4.39 Å². The fourth-order valence-electron chi connectivity index (χ4n) is 1.68. The first kappa shape index (κ1) is 13.6. The fourth-order valence-corrected chi connectivity index (χ4v) is 1.68. The van der Waals surface area contributed by atoms with Crippen molar-refractivity contribution in [1.29, 1.82) is 0 Å². The van der Waals surface area contributed by atoms with E-state index in [1.54, 1.807) is 31.1 Å². The molecule has 94 valence electrons. The molecule has 17 heavy (non-hydrogen) atoms. The Morgan fingerprint density at radius 2 is 1.76 bits per heavy atom. The maximum atomic E-state index is 12.8. The van der Waals surface area contributed by atoms with Crippen molar-refractivity contribution in [2.24, 2.45) is 0 Å². The molecule has 0 fully saturated rings. The lowest BCUT2D eigenvalue weighted by Crippen LogP contribution is -2.42. The van der Waals surface area contributed by atoms with Crippen LogP contribution in [0.15, 0.2) is 24.3 Å². The molecule has 1 unspecified atom stereocenters. The van der Waals surface area contributed by atoms with E-state index in [-0.39, 0.29) is 23.8 Å². The standard InChI is InChI=1S/C13H19FN2O/c1-9(11-5-7-12(14)8-6-11)15-10(2)13(17)16(3)4/h5-10,15H,1-4H3/t9-,10?/m1/s1. The third-order valence-electron chi connectivity index (χ3n) is 2.68. The van der Waals surface area contributed by atoms with Crippen LogP contribution in [0.4, 0.5) is 4.39 Å². The summed E-state index contributed by atoms with van der Waals surface area (Å²) in [5.74, 6) is -0.225. The summed E-state index contributed by atoms with van der Waals surface area (Å²) in [4.78, 5) is 13.2. The Bertz CT molecular complexity index is 376. The van der Waals surface area contributed by atoms with E-state index in [9.17, 15) is 9.18 Å². The monoisotopic (exact) mass is 238 g/mol. The maximum absolute atomic E-state index is 12.8. The molecule has 1 rings (SSSR count). The van der Waals surface area contributed by atoms with E-state index in [1.807, 2.05) is 13.8 Å². The van der Waals surface area contributed by atoms with Crippen LogP contribution in [0.2, 0.25) is 0 Å². The average Bonchev–Trinajstić information content (AvgIpc) is 2.28. The van der Waals surface area contributed by atoms with E-state index in [1.165, 1.54) is 12.1 Å². The Labute approximate surface area is 102 Å². The van der Waals surface area contributed by atoms with Crippen molar-refractivity contribution in [1.82, 2.24) is 10.2 Å². The molecule has 0 spiro atoms. The quantitative estimate of drug-likeness (QED) is 0.869. The van der Waals surface area contributed by atoms with Gasteiger partial charge in [0.15, 0.2) is 0 Å². The molecule has 4 heteroatoms. The van der Waals surface area contributed by atoms with Gasteiger partial charge >= 0.3 is 0 Å². The molecule has 0 aromatic heterocycles. The number of amides is 1. The van der Waals surface area contributed by atoms with Crippen molar-refractivity contribution in [3.05, 3.63) is 35.6 Å². The first-order chi connectivity index (χ1) is 7.91. The Morgan fingerprint density at radius 1 is 1.24 bits per heavy atom. The van der Waals surface area contributed by atoms with E-state index in [0.29, 0.717) is 0 Å². The second-order valence-corrected chi connectivity index (χ2v) is 4.39. The van der Waals surface area contributed by atoms with Gasteiger partial charge in [-0.2, -0.15) is 0 Å². The average molecular weight is 238 g/mol. The number of nitrogens with one attached hydrogen (secondary N) is 1. The molecule has 0 saturated heterocycles. The summed E-state index contributed by atoms with van der Waals surface area (Å²) in [6, 6.07) is 6.04. The summed E-state index contributed by atoms with van der Waals surface area (Å²) >= 11 is 0. The number of nitrogens with zero attached hydrogens (tertiary/aromatic N) is 1. The summed E-state index contributed by atoms with van der Waals surface area (Å²) in [5, 5.41) is 3.18. The minimum atomic E-state index is -0.259. The lowest BCUT2D eigenvalue weighted by Gasteiger charge is -2.22. The van der Waals surface area contributed by atoms with E-state index in [4.69, 9.17) is 0 Å². The first-order valence-corrected chi connectivity index (χ1v) is 5.64. The minimum absolute atomic E-state index is 0.00880. The molecule has 3 nitrogen and oxygen atoms in total. The van der Waals surface area contributed by atoms with Gasteiger partial charge in [0.1, 0.15) is 5.82 Å². The molecule has 1 amide bonds. The minimum Gasteiger partial charge on any atom is -0.347 e. The van der Waals surface area contributed by atoms with Gasteiger partial charge in [0.25, 0.3) is 0 Å². The van der Waals surface area contributed by atoms with Crippen LogP contribution in [0.5, 0.6) is 0 Å². The van der Waals surface area contributed by atoms with Crippen LogP contribution in [0.1, 0.15) is 25.5 Å². The van der Waals surface area contributed by atoms with Gasteiger partial charge in [0.05, 0.1) is 6.04 Å². The van der Waals surface area contributed by atoms with Crippen molar-refractivity contribution in [2.45, 2.75) is 25.9 Å². The fraction of sp³-hybridized carbons (Fsp3) is 0.462. The molecule has 0 aliphatic heterocycles. The smallest absolute Gasteiger partial charge is 0.238 e. The number of rotatable bonds is 4. The summed E-state index contributed by atoms with van der Waals surface area (Å²) in [7, 11) is 3.45. The van der Waals surface area contributed by atoms with Crippen molar-refractivity contribution in [2.75, 3.05) is 14.1 Å². The highest BCUT2D eigenvalue weighted by Gasteiger charge is 2.17. The molecule has 0 aliphatic carbocycles. The molecule has 0 aliphatic rings. The van der Waals surface area contributed by atoms with Gasteiger partial charge in [-0.05, 0) is 31.5 Å². The Balaban J connectivity index is 2.63. The molecule has 1 aromatic rings. The van der Waals surface area contributed by atoms with Gasteiger partial charge in [-0.15, -0.1) is 0 Å². The Hall–Kier alpha value is -1.42. The molecule has 0 heterocycles. The zero-order valence-corrected chi connectivity index (χ0v) is 10.7. The summed E-state index contributed by atoms with van der Waals surface area (Å²) in [6.07, 6.45) is 0. The molecule has 1 N–H and O–H groups in total. The van der Waals surface area contributed by atoms with Crippen LogP contribution >= 0.6 is 0 Å². The zero-order valence-electron chi connectivity index (χ0n) is 10.7. The molecular formula is C13H19FN2O. The summed E-state index contributed by atoms with van der Waals surface area (Å²) < 4.78 is 12.8. The number of hydrogen-bond donors (Lipinski definition) is 1. The van der Waals surface area contributed by atoms with Crippen LogP contribution in [0.25, 0.3) is 0 Å². The highest BCUT2D eigenvalue weighted by Crippen LogP contribution is 2.13. The van der Waals surface area contributed by atoms with Crippen molar-refractivity contribution < 1.29 is 9.18 Å². The largest absolute Gasteiger partial charge is 0.347 e. The molecular weight excluding hydrogens is 219 g/mol.